The van der Waals surface area contributed by atoms with Gasteiger partial charge in [-0.2, -0.15) is 0 Å². The molecule has 0 aromatic rings. The van der Waals surface area contributed by atoms with E-state index in [0.29, 0.717) is 6.54 Å². The van der Waals surface area contributed by atoms with Crippen LogP contribution in [0.5, 0.6) is 0 Å². The second-order valence-corrected chi connectivity index (χ2v) is 5.03. The second kappa shape index (κ2) is 6.62. The van der Waals surface area contributed by atoms with E-state index in [-0.39, 0.29) is 18.2 Å². The summed E-state index contributed by atoms with van der Waals surface area (Å²) in [5.41, 5.74) is 0. The molecule has 0 heterocycles. The highest BCUT2D eigenvalue weighted by molar-refractivity contribution is 5.79. The predicted octanol–water partition coefficient (Wildman–Crippen LogP) is 2.14. The molecule has 1 fully saturated rings. The van der Waals surface area contributed by atoms with Crippen molar-refractivity contribution < 1.29 is 14.7 Å². The monoisotopic (exact) mass is 241 g/mol. The molecule has 0 spiro atoms. The molecule has 0 aromatic heterocycles. The smallest absolute Gasteiger partial charge is 0.305 e. The van der Waals surface area contributed by atoms with Crippen molar-refractivity contribution >= 4 is 11.9 Å². The van der Waals surface area contributed by atoms with E-state index in [4.69, 9.17) is 5.11 Å². The number of carboxylic acids is 1. The maximum Gasteiger partial charge on any atom is 0.305 e. The third-order valence-electron chi connectivity index (χ3n) is 3.81. The first kappa shape index (κ1) is 14.0. The minimum absolute atomic E-state index is 0.0343. The van der Waals surface area contributed by atoms with Crippen LogP contribution in [0.2, 0.25) is 0 Å². The van der Waals surface area contributed by atoms with E-state index in [1.54, 1.807) is 11.9 Å². The van der Waals surface area contributed by atoms with Gasteiger partial charge in [-0.3, -0.25) is 9.59 Å². The molecule has 17 heavy (non-hydrogen) atoms. The summed E-state index contributed by atoms with van der Waals surface area (Å²) in [6.45, 7) is 2.52. The van der Waals surface area contributed by atoms with Crippen molar-refractivity contribution in [3.8, 4) is 0 Å². The number of hydrogen-bond donors (Lipinski definition) is 1. The minimum Gasteiger partial charge on any atom is -0.481 e. The third-order valence-corrected chi connectivity index (χ3v) is 3.81. The first-order valence-corrected chi connectivity index (χ1v) is 6.51. The van der Waals surface area contributed by atoms with Crippen LogP contribution < -0.4 is 0 Å². The molecule has 0 aliphatic heterocycles. The topological polar surface area (TPSA) is 57.6 Å². The summed E-state index contributed by atoms with van der Waals surface area (Å²) < 4.78 is 0. The van der Waals surface area contributed by atoms with Gasteiger partial charge < -0.3 is 10.0 Å². The summed E-state index contributed by atoms with van der Waals surface area (Å²) in [4.78, 5) is 24.1. The fourth-order valence-electron chi connectivity index (χ4n) is 2.50. The fourth-order valence-corrected chi connectivity index (χ4v) is 2.50. The fraction of sp³-hybridized carbons (Fsp3) is 0.846. The number of nitrogens with zero attached hydrogens (tertiary/aromatic N) is 1. The van der Waals surface area contributed by atoms with Crippen molar-refractivity contribution in [2.45, 2.75) is 45.4 Å². The maximum absolute atomic E-state index is 12.0. The molecule has 0 bridgehead atoms. The van der Waals surface area contributed by atoms with Gasteiger partial charge in [0.05, 0.1) is 6.42 Å². The average Bonchev–Trinajstić information content (AvgIpc) is 2.35. The molecule has 0 atom stereocenters. The van der Waals surface area contributed by atoms with E-state index >= 15 is 0 Å². The minimum atomic E-state index is -0.848. The zero-order valence-electron chi connectivity index (χ0n) is 10.8. The molecule has 0 saturated heterocycles. The summed E-state index contributed by atoms with van der Waals surface area (Å²) in [6, 6.07) is 0. The lowest BCUT2D eigenvalue weighted by Crippen LogP contribution is -2.36. The van der Waals surface area contributed by atoms with E-state index in [1.807, 2.05) is 0 Å². The van der Waals surface area contributed by atoms with Crippen LogP contribution in [0.1, 0.15) is 45.4 Å². The lowest BCUT2D eigenvalue weighted by atomic mass is 9.80. The molecule has 0 radical (unpaired) electrons. The average molecular weight is 241 g/mol. The highest BCUT2D eigenvalue weighted by Crippen LogP contribution is 2.31. The Morgan fingerprint density at radius 3 is 2.29 bits per heavy atom. The number of carboxylic acid groups (broad SMARTS) is 1. The normalized spacial score (nSPS) is 24.4. The molecular weight excluding hydrogens is 218 g/mol. The highest BCUT2D eigenvalue weighted by Gasteiger charge is 2.27. The number of rotatable bonds is 5. The van der Waals surface area contributed by atoms with Crippen LogP contribution in [0.4, 0.5) is 0 Å². The van der Waals surface area contributed by atoms with Crippen LogP contribution in [0.25, 0.3) is 0 Å². The van der Waals surface area contributed by atoms with Crippen LogP contribution in [0.15, 0.2) is 0 Å². The van der Waals surface area contributed by atoms with Gasteiger partial charge in [-0.05, 0) is 31.6 Å². The molecule has 1 rings (SSSR count). The van der Waals surface area contributed by atoms with Gasteiger partial charge in [-0.1, -0.05) is 13.3 Å². The van der Waals surface area contributed by atoms with Crippen molar-refractivity contribution in [2.24, 2.45) is 11.8 Å². The summed E-state index contributed by atoms with van der Waals surface area (Å²) in [6.07, 6.45) is 5.45. The predicted molar refractivity (Wildman–Crippen MR) is 65.6 cm³/mol. The van der Waals surface area contributed by atoms with Crippen molar-refractivity contribution in [2.75, 3.05) is 13.6 Å². The Bertz CT molecular complexity index is 270. The summed E-state index contributed by atoms with van der Waals surface area (Å²) in [7, 11) is 1.71. The summed E-state index contributed by atoms with van der Waals surface area (Å²) in [5.74, 6) is 0.181. The molecule has 98 valence electrons. The second-order valence-electron chi connectivity index (χ2n) is 5.03. The van der Waals surface area contributed by atoms with Crippen LogP contribution >= 0.6 is 0 Å². The highest BCUT2D eigenvalue weighted by atomic mass is 16.4. The molecule has 0 aromatic carbocycles. The van der Waals surface area contributed by atoms with E-state index in [0.717, 1.165) is 31.6 Å². The van der Waals surface area contributed by atoms with Crippen LogP contribution in [-0.2, 0) is 9.59 Å². The van der Waals surface area contributed by atoms with Crippen LogP contribution in [-0.4, -0.2) is 35.5 Å². The lowest BCUT2D eigenvalue weighted by Gasteiger charge is -2.29. The van der Waals surface area contributed by atoms with E-state index < -0.39 is 5.97 Å². The van der Waals surface area contributed by atoms with Gasteiger partial charge in [-0.25, -0.2) is 0 Å². The molecule has 1 N–H and O–H groups in total. The SMILES string of the molecule is CCC1CCC(C(=O)N(C)CCC(=O)O)CC1. The Hall–Kier alpha value is -1.06. The first-order valence-electron chi connectivity index (χ1n) is 6.51. The largest absolute Gasteiger partial charge is 0.481 e. The molecular formula is C13H23NO3. The molecule has 1 saturated carbocycles. The van der Waals surface area contributed by atoms with Gasteiger partial charge >= 0.3 is 5.97 Å². The first-order chi connectivity index (χ1) is 8.04. The maximum atomic E-state index is 12.0. The Labute approximate surface area is 103 Å². The Morgan fingerprint density at radius 1 is 1.24 bits per heavy atom. The number of aliphatic carboxylic acids is 1. The van der Waals surface area contributed by atoms with Crippen LogP contribution in [0.3, 0.4) is 0 Å². The molecule has 0 unspecified atom stereocenters. The number of carbonyl (C=O) groups excluding carboxylic acids is 1. The van der Waals surface area contributed by atoms with E-state index in [9.17, 15) is 9.59 Å². The van der Waals surface area contributed by atoms with Crippen molar-refractivity contribution in [3.63, 3.8) is 0 Å². The zero-order valence-corrected chi connectivity index (χ0v) is 10.8. The van der Waals surface area contributed by atoms with Gasteiger partial charge in [0.2, 0.25) is 5.91 Å². The molecule has 1 aliphatic rings. The number of hydrogen-bond acceptors (Lipinski definition) is 2. The van der Waals surface area contributed by atoms with Crippen molar-refractivity contribution in [1.29, 1.82) is 0 Å². The molecule has 1 aliphatic carbocycles. The van der Waals surface area contributed by atoms with Crippen LogP contribution in [0, 0.1) is 11.8 Å². The van der Waals surface area contributed by atoms with Gasteiger partial charge in [0, 0.05) is 19.5 Å². The van der Waals surface area contributed by atoms with Gasteiger partial charge in [0.15, 0.2) is 0 Å². The molecule has 4 heteroatoms. The van der Waals surface area contributed by atoms with E-state index in [1.165, 1.54) is 6.42 Å². The quantitative estimate of drug-likeness (QED) is 0.802. The van der Waals surface area contributed by atoms with Gasteiger partial charge in [0.1, 0.15) is 0 Å². The number of amides is 1. The summed E-state index contributed by atoms with van der Waals surface area (Å²) >= 11 is 0. The van der Waals surface area contributed by atoms with Gasteiger partial charge in [-0.15, -0.1) is 0 Å². The third kappa shape index (κ3) is 4.36. The standard InChI is InChI=1S/C13H23NO3/c1-3-10-4-6-11(7-5-10)13(17)14(2)9-8-12(15)16/h10-11H,3-9H2,1-2H3,(H,15,16). The lowest BCUT2D eigenvalue weighted by molar-refractivity contribution is -0.139. The Kier molecular flexibility index (Phi) is 5.45. The van der Waals surface area contributed by atoms with Crippen molar-refractivity contribution in [1.82, 2.24) is 4.90 Å². The molecule has 1 amide bonds. The van der Waals surface area contributed by atoms with E-state index in [2.05, 4.69) is 6.92 Å². The summed E-state index contributed by atoms with van der Waals surface area (Å²) in [5, 5.41) is 8.58. The van der Waals surface area contributed by atoms with Gasteiger partial charge in [0.25, 0.3) is 0 Å². The molecule has 4 nitrogen and oxygen atoms in total. The zero-order chi connectivity index (χ0) is 12.8. The Balaban J connectivity index is 2.34. The number of carbonyl (C=O) groups is 2. The Morgan fingerprint density at radius 2 is 1.82 bits per heavy atom. The van der Waals surface area contributed by atoms with Crippen molar-refractivity contribution in [3.05, 3.63) is 0 Å².